The molecule has 0 fully saturated rings. The third-order valence-electron chi connectivity index (χ3n) is 2.44. The molecule has 0 saturated heterocycles. The minimum atomic E-state index is -0.0798. The highest BCUT2D eigenvalue weighted by molar-refractivity contribution is 5.61. The molecule has 2 rings (SSSR count). The molecule has 0 unspecified atom stereocenters. The first-order valence-electron chi connectivity index (χ1n) is 5.16. The van der Waals surface area contributed by atoms with Gasteiger partial charge in [0.1, 0.15) is 0 Å². The first kappa shape index (κ1) is 10.6. The van der Waals surface area contributed by atoms with Crippen LogP contribution in [0.5, 0.6) is 0 Å². The molecule has 0 aliphatic carbocycles. The van der Waals surface area contributed by atoms with Crippen LogP contribution in [0.1, 0.15) is 25.3 Å². The largest absolute Gasteiger partial charge is 0.313 e. The number of aromatic amines is 1. The zero-order valence-electron chi connectivity index (χ0n) is 9.56. The van der Waals surface area contributed by atoms with E-state index in [1.54, 1.807) is 10.9 Å². The Hall–Kier alpha value is -1.91. The predicted octanol–water partition coefficient (Wildman–Crippen LogP) is 1.29. The van der Waals surface area contributed by atoms with Gasteiger partial charge in [0, 0.05) is 24.4 Å². The van der Waals surface area contributed by atoms with Crippen molar-refractivity contribution in [2.24, 2.45) is 7.05 Å². The second kappa shape index (κ2) is 3.92. The molecule has 1 N–H and O–H groups in total. The lowest BCUT2D eigenvalue weighted by Crippen LogP contribution is -2.16. The number of aryl methyl sites for hydroxylation is 1. The van der Waals surface area contributed by atoms with Gasteiger partial charge in [-0.25, -0.2) is 4.98 Å². The molecule has 84 valence electrons. The van der Waals surface area contributed by atoms with Crippen molar-refractivity contribution in [3.63, 3.8) is 0 Å². The Kier molecular flexibility index (Phi) is 2.60. The van der Waals surface area contributed by atoms with E-state index in [1.165, 1.54) is 6.33 Å². The van der Waals surface area contributed by atoms with Crippen molar-refractivity contribution in [1.82, 2.24) is 19.7 Å². The second-order valence-electron chi connectivity index (χ2n) is 4.05. The summed E-state index contributed by atoms with van der Waals surface area (Å²) in [6, 6.07) is 0. The van der Waals surface area contributed by atoms with Gasteiger partial charge >= 0.3 is 0 Å². The zero-order chi connectivity index (χ0) is 11.7. The van der Waals surface area contributed by atoms with Crippen LogP contribution < -0.4 is 5.56 Å². The summed E-state index contributed by atoms with van der Waals surface area (Å²) in [7, 11) is 1.84. The van der Waals surface area contributed by atoms with E-state index in [2.05, 4.69) is 15.1 Å². The monoisotopic (exact) mass is 218 g/mol. The molecule has 2 aromatic rings. The fourth-order valence-electron chi connectivity index (χ4n) is 1.72. The molecule has 0 aliphatic rings. The van der Waals surface area contributed by atoms with Crippen LogP contribution in [0, 0.1) is 0 Å². The van der Waals surface area contributed by atoms with Gasteiger partial charge in [-0.15, -0.1) is 0 Å². The summed E-state index contributed by atoms with van der Waals surface area (Å²) in [5.74, 6) is 0.132. The average molecular weight is 218 g/mol. The van der Waals surface area contributed by atoms with Gasteiger partial charge in [-0.2, -0.15) is 5.10 Å². The van der Waals surface area contributed by atoms with E-state index >= 15 is 0 Å². The molecule has 0 radical (unpaired) electrons. The van der Waals surface area contributed by atoms with Crippen molar-refractivity contribution in [3.05, 3.63) is 34.6 Å². The standard InChI is InChI=1S/C11H14N4O/c1-7(2)9-10(12-6-13-11(9)16)8-4-14-15(3)5-8/h4-7H,1-3H3,(H,12,13,16). The highest BCUT2D eigenvalue weighted by Crippen LogP contribution is 2.22. The van der Waals surface area contributed by atoms with E-state index < -0.39 is 0 Å². The second-order valence-corrected chi connectivity index (χ2v) is 4.05. The molecule has 5 nitrogen and oxygen atoms in total. The summed E-state index contributed by atoms with van der Waals surface area (Å²) < 4.78 is 1.70. The number of hydrogen-bond donors (Lipinski definition) is 1. The molecule has 2 aromatic heterocycles. The first-order valence-corrected chi connectivity index (χ1v) is 5.16. The van der Waals surface area contributed by atoms with Crippen LogP contribution in [0.4, 0.5) is 0 Å². The molecule has 5 heteroatoms. The maximum absolute atomic E-state index is 11.7. The molecule has 0 saturated carbocycles. The molecule has 0 spiro atoms. The molecule has 0 aliphatic heterocycles. The first-order chi connectivity index (χ1) is 7.59. The molecule has 0 aromatic carbocycles. The Morgan fingerprint density at radius 1 is 1.44 bits per heavy atom. The van der Waals surface area contributed by atoms with E-state index in [1.807, 2.05) is 27.1 Å². The molecular weight excluding hydrogens is 204 g/mol. The quantitative estimate of drug-likeness (QED) is 0.826. The van der Waals surface area contributed by atoms with Crippen molar-refractivity contribution in [3.8, 4) is 11.3 Å². The Labute approximate surface area is 93.2 Å². The lowest BCUT2D eigenvalue weighted by molar-refractivity contribution is 0.767. The Morgan fingerprint density at radius 3 is 2.75 bits per heavy atom. The number of H-pyrrole nitrogens is 1. The van der Waals surface area contributed by atoms with Gasteiger partial charge in [0.15, 0.2) is 0 Å². The maximum Gasteiger partial charge on any atom is 0.254 e. The lowest BCUT2D eigenvalue weighted by atomic mass is 10.0. The SMILES string of the molecule is CC(C)c1c(-c2cnn(C)c2)nc[nH]c1=O. The third kappa shape index (κ3) is 1.76. The lowest BCUT2D eigenvalue weighted by Gasteiger charge is -2.08. The van der Waals surface area contributed by atoms with Crippen LogP contribution >= 0.6 is 0 Å². The summed E-state index contributed by atoms with van der Waals surface area (Å²) in [6.45, 7) is 3.96. The van der Waals surface area contributed by atoms with E-state index in [0.717, 1.165) is 5.56 Å². The number of rotatable bonds is 2. The van der Waals surface area contributed by atoms with Crippen molar-refractivity contribution in [1.29, 1.82) is 0 Å². The van der Waals surface area contributed by atoms with Crippen LogP contribution in [-0.4, -0.2) is 19.7 Å². The maximum atomic E-state index is 11.7. The number of nitrogens with zero attached hydrogens (tertiary/aromatic N) is 3. The summed E-state index contributed by atoms with van der Waals surface area (Å²) >= 11 is 0. The van der Waals surface area contributed by atoms with E-state index in [9.17, 15) is 4.79 Å². The topological polar surface area (TPSA) is 63.6 Å². The van der Waals surface area contributed by atoms with Gasteiger partial charge in [0.05, 0.1) is 18.2 Å². The fraction of sp³-hybridized carbons (Fsp3) is 0.364. The Bertz CT molecular complexity index is 553. The fourth-order valence-corrected chi connectivity index (χ4v) is 1.72. The minimum Gasteiger partial charge on any atom is -0.313 e. The van der Waals surface area contributed by atoms with Crippen LogP contribution in [-0.2, 0) is 7.05 Å². The summed E-state index contributed by atoms with van der Waals surface area (Å²) in [6.07, 6.45) is 5.00. The number of hydrogen-bond acceptors (Lipinski definition) is 3. The highest BCUT2D eigenvalue weighted by atomic mass is 16.1. The van der Waals surface area contributed by atoms with Crippen molar-refractivity contribution < 1.29 is 0 Å². The molecular formula is C11H14N4O. The molecule has 16 heavy (non-hydrogen) atoms. The van der Waals surface area contributed by atoms with Crippen LogP contribution in [0.2, 0.25) is 0 Å². The van der Waals surface area contributed by atoms with Crippen molar-refractivity contribution >= 4 is 0 Å². The van der Waals surface area contributed by atoms with Gasteiger partial charge < -0.3 is 4.98 Å². The summed E-state index contributed by atoms with van der Waals surface area (Å²) in [5.41, 5.74) is 2.21. The average Bonchev–Trinajstić information content (AvgIpc) is 2.63. The van der Waals surface area contributed by atoms with Gasteiger partial charge in [-0.1, -0.05) is 13.8 Å². The predicted molar refractivity (Wildman–Crippen MR) is 61.1 cm³/mol. The molecule has 0 atom stereocenters. The third-order valence-corrected chi connectivity index (χ3v) is 2.44. The van der Waals surface area contributed by atoms with Crippen LogP contribution in [0.15, 0.2) is 23.5 Å². The molecule has 0 amide bonds. The van der Waals surface area contributed by atoms with Gasteiger partial charge in [0.2, 0.25) is 0 Å². The van der Waals surface area contributed by atoms with Gasteiger partial charge in [-0.05, 0) is 5.92 Å². The number of nitrogens with one attached hydrogen (secondary N) is 1. The minimum absolute atomic E-state index is 0.0798. The smallest absolute Gasteiger partial charge is 0.254 e. The Morgan fingerprint density at radius 2 is 2.19 bits per heavy atom. The zero-order valence-corrected chi connectivity index (χ0v) is 9.56. The van der Waals surface area contributed by atoms with Gasteiger partial charge in [0.25, 0.3) is 5.56 Å². The summed E-state index contributed by atoms with van der Waals surface area (Å²) in [5, 5.41) is 4.09. The molecule has 0 bridgehead atoms. The summed E-state index contributed by atoms with van der Waals surface area (Å²) in [4.78, 5) is 18.6. The van der Waals surface area contributed by atoms with E-state index in [0.29, 0.717) is 11.3 Å². The van der Waals surface area contributed by atoms with Gasteiger partial charge in [-0.3, -0.25) is 9.48 Å². The van der Waals surface area contributed by atoms with Crippen LogP contribution in [0.3, 0.4) is 0 Å². The Balaban J connectivity index is 2.65. The highest BCUT2D eigenvalue weighted by Gasteiger charge is 2.14. The van der Waals surface area contributed by atoms with Crippen molar-refractivity contribution in [2.45, 2.75) is 19.8 Å². The number of aromatic nitrogens is 4. The van der Waals surface area contributed by atoms with Crippen molar-refractivity contribution in [2.75, 3.05) is 0 Å². The van der Waals surface area contributed by atoms with E-state index in [-0.39, 0.29) is 11.5 Å². The van der Waals surface area contributed by atoms with Crippen LogP contribution in [0.25, 0.3) is 11.3 Å². The van der Waals surface area contributed by atoms with E-state index in [4.69, 9.17) is 0 Å². The molecule has 2 heterocycles. The normalized spacial score (nSPS) is 11.0.